The van der Waals surface area contributed by atoms with Crippen LogP contribution in [0.1, 0.15) is 27.6 Å². The second-order valence-electron chi connectivity index (χ2n) is 8.09. The first-order valence-corrected chi connectivity index (χ1v) is 11.7. The van der Waals surface area contributed by atoms with Crippen LogP contribution >= 0.6 is 11.8 Å². The number of H-pyrrole nitrogens is 1. The first-order chi connectivity index (χ1) is 17.8. The summed E-state index contributed by atoms with van der Waals surface area (Å²) in [5.74, 6) is -1.28. The fourth-order valence-corrected chi connectivity index (χ4v) is 4.93. The molecule has 0 aliphatic heterocycles. The number of thioether (sulfide) groups is 1. The summed E-state index contributed by atoms with van der Waals surface area (Å²) < 4.78 is 87.1. The van der Waals surface area contributed by atoms with Gasteiger partial charge in [0.05, 0.1) is 22.0 Å². The van der Waals surface area contributed by atoms with Crippen LogP contribution in [0.3, 0.4) is 0 Å². The quantitative estimate of drug-likeness (QED) is 0.177. The van der Waals surface area contributed by atoms with E-state index >= 15 is 0 Å². The number of rotatable bonds is 8. The lowest BCUT2D eigenvalue weighted by Crippen LogP contribution is -2.17. The van der Waals surface area contributed by atoms with Crippen molar-refractivity contribution >= 4 is 28.6 Å². The number of alkyl halides is 6. The molecule has 3 aromatic carbocycles. The molecule has 0 bridgehead atoms. The summed E-state index contributed by atoms with van der Waals surface area (Å²) >= 11 is 1.21. The molecule has 0 spiro atoms. The Morgan fingerprint density at radius 1 is 1.03 bits per heavy atom. The van der Waals surface area contributed by atoms with E-state index in [1.807, 2.05) is 0 Å². The van der Waals surface area contributed by atoms with Crippen LogP contribution in [0.25, 0.3) is 10.9 Å². The highest BCUT2D eigenvalue weighted by atomic mass is 32.2. The monoisotopic (exact) mass is 556 g/mol. The number of aromatic amines is 1. The Balaban J connectivity index is 1.75. The van der Waals surface area contributed by atoms with E-state index in [9.17, 15) is 31.1 Å². The van der Waals surface area contributed by atoms with Gasteiger partial charge in [-0.3, -0.25) is 5.10 Å². The van der Waals surface area contributed by atoms with Crippen LogP contribution in [0.4, 0.5) is 26.3 Å². The second kappa shape index (κ2) is 10.5. The molecule has 0 radical (unpaired) electrons. The molecule has 1 aromatic heterocycles. The molecule has 38 heavy (non-hydrogen) atoms. The molecule has 1 heterocycles. The number of carboxylic acid groups (broad SMARTS) is 1. The Hall–Kier alpha value is -3.87. The van der Waals surface area contributed by atoms with Gasteiger partial charge < -0.3 is 14.6 Å². The van der Waals surface area contributed by atoms with Crippen molar-refractivity contribution in [2.45, 2.75) is 29.6 Å². The van der Waals surface area contributed by atoms with E-state index in [-0.39, 0.29) is 0 Å². The van der Waals surface area contributed by atoms with Gasteiger partial charge in [-0.05, 0) is 66.6 Å². The number of halogens is 6. The number of nitrogens with one attached hydrogen (secondary N) is 1. The largest absolute Gasteiger partial charge is 0.573 e. The van der Waals surface area contributed by atoms with Gasteiger partial charge in [0.2, 0.25) is 0 Å². The lowest BCUT2D eigenvalue weighted by Gasteiger charge is -2.18. The lowest BCUT2D eigenvalue weighted by atomic mass is 10.0. The molecule has 0 aliphatic rings. The number of nitrogens with zero attached hydrogens (tertiary/aromatic N) is 1. The minimum atomic E-state index is -4.92. The van der Waals surface area contributed by atoms with Crippen molar-refractivity contribution in [2.75, 3.05) is 6.61 Å². The van der Waals surface area contributed by atoms with E-state index in [1.165, 1.54) is 30.0 Å². The third kappa shape index (κ3) is 6.52. The fourth-order valence-electron chi connectivity index (χ4n) is 3.68. The third-order valence-corrected chi connectivity index (χ3v) is 6.61. The van der Waals surface area contributed by atoms with E-state index in [4.69, 9.17) is 9.84 Å². The lowest BCUT2D eigenvalue weighted by molar-refractivity contribution is -0.274. The van der Waals surface area contributed by atoms with Crippen molar-refractivity contribution < 1.29 is 45.7 Å². The summed E-state index contributed by atoms with van der Waals surface area (Å²) in [5.41, 5.74) is 0.871. The number of benzene rings is 3. The van der Waals surface area contributed by atoms with Crippen molar-refractivity contribution in [1.29, 1.82) is 0 Å². The minimum Gasteiger partial charge on any atom is -0.482 e. The molecule has 4 rings (SSSR count). The van der Waals surface area contributed by atoms with Gasteiger partial charge in [0.1, 0.15) is 11.5 Å². The number of fused-ring (bicyclic) bond motifs is 1. The number of hydrogen-bond donors (Lipinski definition) is 2. The topological polar surface area (TPSA) is 84.4 Å². The van der Waals surface area contributed by atoms with E-state index in [1.54, 1.807) is 25.1 Å². The first kappa shape index (κ1) is 27.2. The highest BCUT2D eigenvalue weighted by molar-refractivity contribution is 7.99. The molecular weight excluding hydrogens is 538 g/mol. The normalized spacial score (nSPS) is 12.9. The number of aryl methyl sites for hydroxylation is 1. The highest BCUT2D eigenvalue weighted by Crippen LogP contribution is 2.44. The van der Waals surface area contributed by atoms with Crippen LogP contribution in [0, 0.1) is 6.92 Å². The number of aliphatic carboxylic acids is 1. The summed E-state index contributed by atoms with van der Waals surface area (Å²) in [4.78, 5) is 11.4. The average Bonchev–Trinajstić information content (AvgIpc) is 3.23. The van der Waals surface area contributed by atoms with Crippen LogP contribution in [-0.2, 0) is 11.0 Å². The zero-order chi connectivity index (χ0) is 27.7. The number of carbonyl (C=O) groups is 1. The maximum absolute atomic E-state index is 13.1. The Bertz CT molecular complexity index is 1450. The predicted molar refractivity (Wildman–Crippen MR) is 126 cm³/mol. The molecule has 0 aliphatic carbocycles. The molecule has 0 saturated carbocycles. The smallest absolute Gasteiger partial charge is 0.482 e. The molecule has 4 aromatic rings. The molecule has 13 heteroatoms. The number of ether oxygens (including phenoxy) is 2. The average molecular weight is 556 g/mol. The number of hydrogen-bond acceptors (Lipinski definition) is 5. The first-order valence-electron chi connectivity index (χ1n) is 10.8. The Morgan fingerprint density at radius 3 is 2.34 bits per heavy atom. The van der Waals surface area contributed by atoms with E-state index < -0.39 is 41.7 Å². The molecule has 6 nitrogen and oxygen atoms in total. The van der Waals surface area contributed by atoms with Crippen molar-refractivity contribution in [1.82, 2.24) is 10.2 Å². The zero-order valence-corrected chi connectivity index (χ0v) is 20.2. The fraction of sp³-hybridized carbons (Fsp3) is 0.200. The Labute approximate surface area is 215 Å². The Morgan fingerprint density at radius 2 is 1.74 bits per heavy atom. The van der Waals surface area contributed by atoms with Crippen molar-refractivity contribution in [3.8, 4) is 11.5 Å². The summed E-state index contributed by atoms with van der Waals surface area (Å²) in [6, 6.07) is 12.9. The van der Waals surface area contributed by atoms with E-state index in [2.05, 4.69) is 14.9 Å². The van der Waals surface area contributed by atoms with Gasteiger partial charge >= 0.3 is 18.5 Å². The van der Waals surface area contributed by atoms with Gasteiger partial charge in [0, 0.05) is 10.3 Å². The van der Waals surface area contributed by atoms with Crippen LogP contribution in [0.5, 0.6) is 11.5 Å². The molecule has 200 valence electrons. The van der Waals surface area contributed by atoms with Gasteiger partial charge in [0.25, 0.3) is 0 Å². The van der Waals surface area contributed by atoms with Gasteiger partial charge in [-0.25, -0.2) is 4.79 Å². The van der Waals surface area contributed by atoms with Gasteiger partial charge in [-0.1, -0.05) is 12.1 Å². The molecule has 2 N–H and O–H groups in total. The second-order valence-corrected chi connectivity index (χ2v) is 9.27. The molecular formula is C25H18F6N2O4S. The standard InChI is InChI=1S/C25H18F6N2O4S/c1-13-10-17(7-9-20(13)36-12-21(34)35)38-23(14-2-4-15(5-3-14)24(26,27)28)22-18-11-16(37-25(29,30)31)6-8-19(18)32-33-22/h2-11,23H,12H2,1H3,(H,32,33)(H,34,35). The number of carboxylic acids is 1. The summed E-state index contributed by atoms with van der Waals surface area (Å²) in [6.45, 7) is 1.16. The molecule has 0 fully saturated rings. The van der Waals surface area contributed by atoms with Crippen LogP contribution in [-0.4, -0.2) is 34.2 Å². The zero-order valence-electron chi connectivity index (χ0n) is 19.4. The minimum absolute atomic E-state index is 0.294. The third-order valence-electron chi connectivity index (χ3n) is 5.34. The SMILES string of the molecule is Cc1cc(SC(c2ccc(C(F)(F)F)cc2)c2[nH]nc3ccc(OC(F)(F)F)cc23)ccc1OCC(=O)O. The predicted octanol–water partition coefficient (Wildman–Crippen LogP) is 7.13. The highest BCUT2D eigenvalue weighted by Gasteiger charge is 2.32. The van der Waals surface area contributed by atoms with Crippen LogP contribution < -0.4 is 9.47 Å². The molecule has 0 amide bonds. The number of aromatic nitrogens is 2. The van der Waals surface area contributed by atoms with Crippen molar-refractivity contribution in [3.05, 3.63) is 83.0 Å². The van der Waals surface area contributed by atoms with E-state index in [0.717, 1.165) is 24.3 Å². The van der Waals surface area contributed by atoms with Gasteiger partial charge in [-0.15, -0.1) is 24.9 Å². The summed E-state index contributed by atoms with van der Waals surface area (Å²) in [6.07, 6.45) is -9.46. The Kier molecular flexibility index (Phi) is 7.49. The maximum atomic E-state index is 13.1. The van der Waals surface area contributed by atoms with Gasteiger partial charge in [-0.2, -0.15) is 18.3 Å². The maximum Gasteiger partial charge on any atom is 0.573 e. The van der Waals surface area contributed by atoms with Crippen molar-refractivity contribution in [2.24, 2.45) is 0 Å². The van der Waals surface area contributed by atoms with Gasteiger partial charge in [0.15, 0.2) is 6.61 Å². The summed E-state index contributed by atoms with van der Waals surface area (Å²) in [7, 11) is 0. The van der Waals surface area contributed by atoms with E-state index in [0.29, 0.717) is 38.4 Å². The molecule has 1 unspecified atom stereocenters. The van der Waals surface area contributed by atoms with Crippen LogP contribution in [0.2, 0.25) is 0 Å². The molecule has 1 atom stereocenters. The van der Waals surface area contributed by atoms with Crippen molar-refractivity contribution in [3.63, 3.8) is 0 Å². The van der Waals surface area contributed by atoms with Crippen LogP contribution in [0.15, 0.2) is 65.6 Å². The molecule has 0 saturated heterocycles. The summed E-state index contributed by atoms with van der Waals surface area (Å²) in [5, 5.41) is 15.4.